The van der Waals surface area contributed by atoms with Crippen LogP contribution in [0.3, 0.4) is 0 Å². The Kier molecular flexibility index (Phi) is 8.68. The van der Waals surface area contributed by atoms with Crippen LogP contribution in [0.4, 0.5) is 4.79 Å². The molecular weight excluding hydrogens is 368 g/mol. The van der Waals surface area contributed by atoms with E-state index in [1.165, 1.54) is 0 Å². The fraction of sp³-hybridized carbons (Fsp3) is 0.391. The van der Waals surface area contributed by atoms with Crippen LogP contribution >= 0.6 is 0 Å². The lowest BCUT2D eigenvalue weighted by molar-refractivity contribution is -0.124. The molecule has 0 radical (unpaired) electrons. The van der Waals surface area contributed by atoms with Crippen molar-refractivity contribution >= 4 is 12.0 Å². The van der Waals surface area contributed by atoms with Crippen LogP contribution < -0.4 is 10.6 Å². The Labute approximate surface area is 172 Å². The van der Waals surface area contributed by atoms with Gasteiger partial charge in [0.05, 0.1) is 13.2 Å². The Hall–Kier alpha value is -2.86. The zero-order valence-electron chi connectivity index (χ0n) is 17.3. The van der Waals surface area contributed by atoms with Crippen molar-refractivity contribution in [3.63, 3.8) is 0 Å². The first-order valence-electron chi connectivity index (χ1n) is 9.76. The quantitative estimate of drug-likeness (QED) is 0.678. The molecule has 0 aromatic heterocycles. The highest BCUT2D eigenvalue weighted by Crippen LogP contribution is 2.07. The van der Waals surface area contributed by atoms with Crippen LogP contribution in [0.5, 0.6) is 0 Å². The summed E-state index contributed by atoms with van der Waals surface area (Å²) in [5.74, 6) is -0.306. The number of hydrogen-bond donors (Lipinski definition) is 2. The van der Waals surface area contributed by atoms with Crippen LogP contribution in [0.1, 0.15) is 31.9 Å². The van der Waals surface area contributed by atoms with E-state index in [1.807, 2.05) is 60.7 Å². The Morgan fingerprint density at radius 3 is 2.10 bits per heavy atom. The summed E-state index contributed by atoms with van der Waals surface area (Å²) in [6.45, 7) is 6.18. The third-order valence-electron chi connectivity index (χ3n) is 3.96. The van der Waals surface area contributed by atoms with E-state index in [0.717, 1.165) is 11.1 Å². The van der Waals surface area contributed by atoms with Crippen LogP contribution in [0.15, 0.2) is 60.7 Å². The summed E-state index contributed by atoms with van der Waals surface area (Å²) in [7, 11) is 0. The third kappa shape index (κ3) is 9.25. The van der Waals surface area contributed by atoms with Gasteiger partial charge in [-0.25, -0.2) is 4.79 Å². The summed E-state index contributed by atoms with van der Waals surface area (Å²) in [6.07, 6.45) is 0.0559. The lowest BCUT2D eigenvalue weighted by atomic mass is 10.1. The average Bonchev–Trinajstić information content (AvgIpc) is 2.67. The Balaban J connectivity index is 1.88. The van der Waals surface area contributed by atoms with Gasteiger partial charge in [-0.15, -0.1) is 0 Å². The van der Waals surface area contributed by atoms with Crippen molar-refractivity contribution in [2.24, 2.45) is 0 Å². The molecule has 0 heterocycles. The highest BCUT2D eigenvalue weighted by Gasteiger charge is 2.24. The van der Waals surface area contributed by atoms with Gasteiger partial charge in [-0.1, -0.05) is 60.7 Å². The van der Waals surface area contributed by atoms with Gasteiger partial charge >= 0.3 is 6.09 Å². The normalized spacial score (nSPS) is 12.1. The molecule has 0 saturated heterocycles. The number of hydrogen-bond acceptors (Lipinski definition) is 4. The number of carbonyl (C=O) groups is 2. The first kappa shape index (κ1) is 22.4. The first-order valence-corrected chi connectivity index (χ1v) is 9.76. The van der Waals surface area contributed by atoms with Crippen LogP contribution in [0.2, 0.25) is 0 Å². The Morgan fingerprint density at radius 1 is 0.931 bits per heavy atom. The smallest absolute Gasteiger partial charge is 0.408 e. The van der Waals surface area contributed by atoms with E-state index in [9.17, 15) is 9.59 Å². The molecule has 1 atom stereocenters. The van der Waals surface area contributed by atoms with Gasteiger partial charge in [-0.05, 0) is 38.3 Å². The molecule has 0 aliphatic rings. The van der Waals surface area contributed by atoms with Crippen LogP contribution in [-0.4, -0.2) is 36.8 Å². The standard InChI is InChI=1S/C23H30N2O4/c1-23(2,3)29-22(27)25-20(17-28-16-19-12-8-5-9-13-19)21(26)24-15-14-18-10-6-4-7-11-18/h4-13,20H,14-17H2,1-3H3,(H,24,26)(H,25,27)/t20-/m0/s1. The van der Waals surface area contributed by atoms with Crippen molar-refractivity contribution in [1.82, 2.24) is 10.6 Å². The molecule has 156 valence electrons. The molecule has 0 saturated carbocycles. The Bertz CT molecular complexity index is 757. The second kappa shape index (κ2) is 11.2. The molecule has 0 aliphatic carbocycles. The predicted molar refractivity (Wildman–Crippen MR) is 112 cm³/mol. The minimum Gasteiger partial charge on any atom is -0.444 e. The van der Waals surface area contributed by atoms with Crippen molar-refractivity contribution in [2.75, 3.05) is 13.2 Å². The zero-order valence-corrected chi connectivity index (χ0v) is 17.3. The van der Waals surface area contributed by atoms with Gasteiger partial charge in [0, 0.05) is 6.54 Å². The maximum absolute atomic E-state index is 12.6. The van der Waals surface area contributed by atoms with Crippen LogP contribution in [-0.2, 0) is 27.3 Å². The fourth-order valence-electron chi connectivity index (χ4n) is 2.60. The molecule has 2 amide bonds. The average molecular weight is 399 g/mol. The number of nitrogens with one attached hydrogen (secondary N) is 2. The first-order chi connectivity index (χ1) is 13.8. The molecule has 0 aliphatic heterocycles. The molecule has 0 spiro atoms. The molecule has 0 bridgehead atoms. The molecule has 0 fully saturated rings. The fourth-order valence-corrected chi connectivity index (χ4v) is 2.60. The second-order valence-electron chi connectivity index (χ2n) is 7.73. The number of carbonyl (C=O) groups excluding carboxylic acids is 2. The van der Waals surface area contributed by atoms with E-state index in [0.29, 0.717) is 19.6 Å². The molecule has 2 rings (SSSR count). The third-order valence-corrected chi connectivity index (χ3v) is 3.96. The van der Waals surface area contributed by atoms with Crippen molar-refractivity contribution in [1.29, 1.82) is 0 Å². The van der Waals surface area contributed by atoms with E-state index in [1.54, 1.807) is 20.8 Å². The van der Waals surface area contributed by atoms with Gasteiger partial charge in [0.15, 0.2) is 0 Å². The van der Waals surface area contributed by atoms with E-state index in [-0.39, 0.29) is 12.5 Å². The van der Waals surface area contributed by atoms with E-state index >= 15 is 0 Å². The number of amides is 2. The SMILES string of the molecule is CC(C)(C)OC(=O)N[C@@H](COCc1ccccc1)C(=O)NCCc1ccccc1. The van der Waals surface area contributed by atoms with Gasteiger partial charge < -0.3 is 20.1 Å². The molecule has 29 heavy (non-hydrogen) atoms. The van der Waals surface area contributed by atoms with Crippen molar-refractivity contribution in [2.45, 2.75) is 45.4 Å². The molecule has 2 aromatic rings. The van der Waals surface area contributed by atoms with Gasteiger partial charge in [-0.3, -0.25) is 4.79 Å². The predicted octanol–water partition coefficient (Wildman–Crippen LogP) is 3.46. The lowest BCUT2D eigenvalue weighted by Gasteiger charge is -2.23. The highest BCUT2D eigenvalue weighted by atomic mass is 16.6. The summed E-state index contributed by atoms with van der Waals surface area (Å²) in [5, 5.41) is 5.47. The van der Waals surface area contributed by atoms with Crippen molar-refractivity contribution in [3.8, 4) is 0 Å². The van der Waals surface area contributed by atoms with Gasteiger partial charge in [-0.2, -0.15) is 0 Å². The number of benzene rings is 2. The summed E-state index contributed by atoms with van der Waals surface area (Å²) < 4.78 is 10.9. The van der Waals surface area contributed by atoms with E-state index < -0.39 is 17.7 Å². The Morgan fingerprint density at radius 2 is 1.52 bits per heavy atom. The second-order valence-corrected chi connectivity index (χ2v) is 7.73. The molecular formula is C23H30N2O4. The molecule has 6 heteroatoms. The molecule has 6 nitrogen and oxygen atoms in total. The topological polar surface area (TPSA) is 76.7 Å². The van der Waals surface area contributed by atoms with Gasteiger partial charge in [0.2, 0.25) is 5.91 Å². The van der Waals surface area contributed by atoms with E-state index in [2.05, 4.69) is 10.6 Å². The highest BCUT2D eigenvalue weighted by molar-refractivity contribution is 5.85. The minimum absolute atomic E-state index is 0.0469. The summed E-state index contributed by atoms with van der Waals surface area (Å²) in [6, 6.07) is 18.7. The molecule has 2 N–H and O–H groups in total. The van der Waals surface area contributed by atoms with Gasteiger partial charge in [0.25, 0.3) is 0 Å². The molecule has 2 aromatic carbocycles. The lowest BCUT2D eigenvalue weighted by Crippen LogP contribution is -2.50. The maximum Gasteiger partial charge on any atom is 0.408 e. The maximum atomic E-state index is 12.6. The zero-order chi connectivity index (χ0) is 21.1. The largest absolute Gasteiger partial charge is 0.444 e. The van der Waals surface area contributed by atoms with E-state index in [4.69, 9.17) is 9.47 Å². The number of ether oxygens (including phenoxy) is 2. The number of rotatable bonds is 9. The monoisotopic (exact) mass is 398 g/mol. The van der Waals surface area contributed by atoms with Crippen molar-refractivity contribution < 1.29 is 19.1 Å². The summed E-state index contributed by atoms with van der Waals surface area (Å²) >= 11 is 0. The minimum atomic E-state index is -0.843. The summed E-state index contributed by atoms with van der Waals surface area (Å²) in [5.41, 5.74) is 1.47. The van der Waals surface area contributed by atoms with Gasteiger partial charge in [0.1, 0.15) is 11.6 Å². The van der Waals surface area contributed by atoms with Crippen molar-refractivity contribution in [3.05, 3.63) is 71.8 Å². The molecule has 0 unspecified atom stereocenters. The van der Waals surface area contributed by atoms with Crippen LogP contribution in [0.25, 0.3) is 0 Å². The summed E-state index contributed by atoms with van der Waals surface area (Å²) in [4.78, 5) is 24.7. The number of alkyl carbamates (subject to hydrolysis) is 1. The van der Waals surface area contributed by atoms with Crippen LogP contribution in [0, 0.1) is 0 Å².